The summed E-state index contributed by atoms with van der Waals surface area (Å²) < 4.78 is 18.6. The van der Waals surface area contributed by atoms with Crippen LogP contribution in [-0.2, 0) is 6.54 Å². The lowest BCUT2D eigenvalue weighted by molar-refractivity contribution is 0.388. The van der Waals surface area contributed by atoms with Crippen molar-refractivity contribution in [2.75, 3.05) is 14.2 Å². The first-order chi connectivity index (χ1) is 11.5. The predicted octanol–water partition coefficient (Wildman–Crippen LogP) is 3.53. The van der Waals surface area contributed by atoms with E-state index < -0.39 is 0 Å². The summed E-state index contributed by atoms with van der Waals surface area (Å²) in [5.41, 5.74) is 3.69. The number of aromatic nitrogens is 3. The van der Waals surface area contributed by atoms with Gasteiger partial charge in [-0.05, 0) is 38.5 Å². The molecule has 2 heterocycles. The van der Waals surface area contributed by atoms with Gasteiger partial charge in [0.1, 0.15) is 23.0 Å². The molecule has 126 valence electrons. The van der Waals surface area contributed by atoms with Gasteiger partial charge in [-0.25, -0.2) is 4.98 Å². The summed E-state index contributed by atoms with van der Waals surface area (Å²) >= 11 is 0. The van der Waals surface area contributed by atoms with Crippen molar-refractivity contribution in [1.82, 2.24) is 14.8 Å². The van der Waals surface area contributed by atoms with Crippen LogP contribution in [0.1, 0.15) is 22.6 Å². The molecule has 0 bridgehead atoms. The third-order valence-electron chi connectivity index (χ3n) is 3.98. The van der Waals surface area contributed by atoms with Gasteiger partial charge in [-0.2, -0.15) is 5.10 Å². The Kier molecular flexibility index (Phi) is 4.29. The van der Waals surface area contributed by atoms with Crippen molar-refractivity contribution in [2.45, 2.75) is 27.3 Å². The summed E-state index contributed by atoms with van der Waals surface area (Å²) in [6.07, 6.45) is 3.80. The maximum atomic E-state index is 5.88. The fourth-order valence-corrected chi connectivity index (χ4v) is 2.72. The van der Waals surface area contributed by atoms with Crippen molar-refractivity contribution < 1.29 is 13.9 Å². The van der Waals surface area contributed by atoms with Crippen molar-refractivity contribution in [3.63, 3.8) is 0 Å². The maximum Gasteiger partial charge on any atom is 0.230 e. The second kappa shape index (κ2) is 6.39. The molecule has 0 atom stereocenters. The molecule has 6 heteroatoms. The first-order valence-electron chi connectivity index (χ1n) is 7.70. The SMILES string of the molecule is COc1ccc(-c2nc(Cn3cc(C)cn3)c(C)o2)c(OC)c1C. The number of nitrogens with zero attached hydrogens (tertiary/aromatic N) is 3. The molecule has 0 unspecified atom stereocenters. The van der Waals surface area contributed by atoms with Gasteiger partial charge in [0.05, 0.1) is 32.5 Å². The topological polar surface area (TPSA) is 62.3 Å². The Morgan fingerprint density at radius 3 is 2.54 bits per heavy atom. The smallest absolute Gasteiger partial charge is 0.230 e. The summed E-state index contributed by atoms with van der Waals surface area (Å²) in [6, 6.07) is 3.79. The van der Waals surface area contributed by atoms with E-state index in [0.29, 0.717) is 18.2 Å². The summed E-state index contributed by atoms with van der Waals surface area (Å²) in [6.45, 7) is 6.44. The first-order valence-corrected chi connectivity index (χ1v) is 7.70. The minimum atomic E-state index is 0.536. The van der Waals surface area contributed by atoms with Crippen molar-refractivity contribution in [1.29, 1.82) is 0 Å². The molecule has 2 aromatic heterocycles. The molecule has 0 N–H and O–H groups in total. The van der Waals surface area contributed by atoms with Gasteiger partial charge >= 0.3 is 0 Å². The van der Waals surface area contributed by atoms with Gasteiger partial charge in [0, 0.05) is 11.8 Å². The molecular formula is C18H21N3O3. The average Bonchev–Trinajstić information content (AvgIpc) is 3.13. The van der Waals surface area contributed by atoms with Crippen molar-refractivity contribution >= 4 is 0 Å². The largest absolute Gasteiger partial charge is 0.496 e. The molecule has 0 fully saturated rings. The fourth-order valence-electron chi connectivity index (χ4n) is 2.72. The van der Waals surface area contributed by atoms with Gasteiger partial charge in [0.2, 0.25) is 5.89 Å². The van der Waals surface area contributed by atoms with E-state index in [2.05, 4.69) is 10.1 Å². The monoisotopic (exact) mass is 327 g/mol. The molecular weight excluding hydrogens is 306 g/mol. The van der Waals surface area contributed by atoms with Crippen molar-refractivity contribution in [3.8, 4) is 23.0 Å². The van der Waals surface area contributed by atoms with E-state index in [1.54, 1.807) is 14.2 Å². The molecule has 0 radical (unpaired) electrons. The zero-order valence-electron chi connectivity index (χ0n) is 14.6. The lowest BCUT2D eigenvalue weighted by Crippen LogP contribution is -2.01. The second-order valence-electron chi connectivity index (χ2n) is 5.71. The summed E-state index contributed by atoms with van der Waals surface area (Å²) in [5.74, 6) is 2.78. The van der Waals surface area contributed by atoms with E-state index in [0.717, 1.165) is 33.9 Å². The molecule has 0 saturated carbocycles. The van der Waals surface area contributed by atoms with Crippen LogP contribution in [0, 0.1) is 20.8 Å². The number of methoxy groups -OCH3 is 2. The molecule has 0 spiro atoms. The fraction of sp³-hybridized carbons (Fsp3) is 0.333. The molecule has 3 aromatic rings. The Balaban J connectivity index is 1.99. The minimum absolute atomic E-state index is 0.536. The highest BCUT2D eigenvalue weighted by molar-refractivity contribution is 5.68. The van der Waals surface area contributed by atoms with Gasteiger partial charge in [-0.15, -0.1) is 0 Å². The Morgan fingerprint density at radius 1 is 1.12 bits per heavy atom. The zero-order valence-corrected chi connectivity index (χ0v) is 14.6. The van der Waals surface area contributed by atoms with Crippen molar-refractivity contribution in [2.24, 2.45) is 0 Å². The molecule has 3 rings (SSSR count). The van der Waals surface area contributed by atoms with E-state index in [1.807, 2.05) is 50.0 Å². The highest BCUT2D eigenvalue weighted by atomic mass is 16.5. The molecule has 0 saturated heterocycles. The van der Waals surface area contributed by atoms with E-state index in [4.69, 9.17) is 13.9 Å². The molecule has 0 aliphatic rings. The molecule has 0 amide bonds. The number of hydrogen-bond donors (Lipinski definition) is 0. The number of oxazole rings is 1. The lowest BCUT2D eigenvalue weighted by Gasteiger charge is -2.12. The number of ether oxygens (including phenoxy) is 2. The van der Waals surface area contributed by atoms with Crippen LogP contribution in [0.2, 0.25) is 0 Å². The highest BCUT2D eigenvalue weighted by Crippen LogP contribution is 2.37. The predicted molar refractivity (Wildman–Crippen MR) is 90.6 cm³/mol. The normalized spacial score (nSPS) is 10.9. The number of aryl methyl sites for hydroxylation is 2. The number of hydrogen-bond acceptors (Lipinski definition) is 5. The Labute approximate surface area is 141 Å². The van der Waals surface area contributed by atoms with E-state index >= 15 is 0 Å². The van der Waals surface area contributed by atoms with Crippen LogP contribution >= 0.6 is 0 Å². The first kappa shape index (κ1) is 16.1. The Bertz CT molecular complexity index is 865. The second-order valence-corrected chi connectivity index (χ2v) is 5.71. The molecule has 1 aromatic carbocycles. The average molecular weight is 327 g/mol. The highest BCUT2D eigenvalue weighted by Gasteiger charge is 2.19. The molecule has 0 aliphatic heterocycles. The van der Waals surface area contributed by atoms with Crippen LogP contribution in [0.3, 0.4) is 0 Å². The number of benzene rings is 1. The third-order valence-corrected chi connectivity index (χ3v) is 3.98. The standard InChI is InChI=1S/C18H21N3O3/c1-11-8-19-21(9-11)10-15-13(3)24-18(20-15)14-6-7-16(22-4)12(2)17(14)23-5/h6-9H,10H2,1-5H3. The minimum Gasteiger partial charge on any atom is -0.496 e. The van der Waals surface area contributed by atoms with Crippen LogP contribution in [0.25, 0.3) is 11.5 Å². The van der Waals surface area contributed by atoms with Crippen LogP contribution < -0.4 is 9.47 Å². The summed E-state index contributed by atoms with van der Waals surface area (Å²) in [4.78, 5) is 4.64. The third kappa shape index (κ3) is 2.87. The van der Waals surface area contributed by atoms with E-state index in [9.17, 15) is 0 Å². The lowest BCUT2D eigenvalue weighted by atomic mass is 10.1. The van der Waals surface area contributed by atoms with Gasteiger partial charge < -0.3 is 13.9 Å². The summed E-state index contributed by atoms with van der Waals surface area (Å²) in [5, 5.41) is 4.30. The quantitative estimate of drug-likeness (QED) is 0.717. The Morgan fingerprint density at radius 2 is 1.92 bits per heavy atom. The zero-order chi connectivity index (χ0) is 17.3. The van der Waals surface area contributed by atoms with Crippen LogP contribution in [-0.4, -0.2) is 29.0 Å². The van der Waals surface area contributed by atoms with Gasteiger partial charge in [-0.1, -0.05) is 0 Å². The van der Waals surface area contributed by atoms with E-state index in [-0.39, 0.29) is 0 Å². The van der Waals surface area contributed by atoms with E-state index in [1.165, 1.54) is 0 Å². The van der Waals surface area contributed by atoms with Gasteiger partial charge in [-0.3, -0.25) is 4.68 Å². The molecule has 24 heavy (non-hydrogen) atoms. The van der Waals surface area contributed by atoms with Gasteiger partial charge in [0.15, 0.2) is 0 Å². The maximum absolute atomic E-state index is 5.88. The summed E-state index contributed by atoms with van der Waals surface area (Å²) in [7, 11) is 3.27. The van der Waals surface area contributed by atoms with Crippen LogP contribution in [0.15, 0.2) is 28.9 Å². The van der Waals surface area contributed by atoms with Crippen molar-refractivity contribution in [3.05, 3.63) is 47.1 Å². The van der Waals surface area contributed by atoms with Crippen LogP contribution in [0.4, 0.5) is 0 Å². The molecule has 6 nitrogen and oxygen atoms in total. The van der Waals surface area contributed by atoms with Gasteiger partial charge in [0.25, 0.3) is 0 Å². The molecule has 0 aliphatic carbocycles. The van der Waals surface area contributed by atoms with Crippen LogP contribution in [0.5, 0.6) is 11.5 Å². The Hall–Kier alpha value is -2.76. The number of rotatable bonds is 5.